The molecule has 0 amide bonds. The molecule has 0 N–H and O–H groups in total. The van der Waals surface area contributed by atoms with Crippen LogP contribution in [-0.2, 0) is 0 Å². The molecule has 0 saturated carbocycles. The van der Waals surface area contributed by atoms with Crippen molar-refractivity contribution in [1.82, 2.24) is 0 Å². The molecule has 0 aromatic heterocycles. The van der Waals surface area contributed by atoms with Crippen molar-refractivity contribution in [1.29, 1.82) is 0 Å². The van der Waals surface area contributed by atoms with Gasteiger partial charge in [0.05, 0.1) is 0 Å². The molecule has 1 atom stereocenters. The van der Waals surface area contributed by atoms with Crippen molar-refractivity contribution >= 4 is 58.0 Å². The predicted molar refractivity (Wildman–Crippen MR) is 160 cm³/mol. The number of hydrogen-bond donors (Lipinski definition) is 0. The molecule has 0 aliphatic rings. The van der Waals surface area contributed by atoms with Crippen LogP contribution in [0.15, 0.2) is 127 Å². The molecule has 0 aliphatic carbocycles. The molecular formula is C32H25Cl3P+. The van der Waals surface area contributed by atoms with Crippen LogP contribution in [0.2, 0.25) is 15.1 Å². The Morgan fingerprint density at radius 2 is 0.806 bits per heavy atom. The van der Waals surface area contributed by atoms with Crippen molar-refractivity contribution in [3.63, 3.8) is 0 Å². The van der Waals surface area contributed by atoms with Crippen molar-refractivity contribution in [2.24, 2.45) is 0 Å². The summed E-state index contributed by atoms with van der Waals surface area (Å²) in [6, 6.07) is 44.8. The third kappa shape index (κ3) is 4.84. The van der Waals surface area contributed by atoms with Crippen LogP contribution in [0, 0.1) is 6.92 Å². The molecule has 178 valence electrons. The highest BCUT2D eigenvalue weighted by atomic mass is 35.5. The first-order valence-corrected chi connectivity index (χ1v) is 14.8. The number of benzene rings is 5. The lowest BCUT2D eigenvalue weighted by molar-refractivity contribution is 1.13. The van der Waals surface area contributed by atoms with Crippen molar-refractivity contribution < 1.29 is 0 Å². The zero-order chi connectivity index (χ0) is 25.1. The zero-order valence-corrected chi connectivity index (χ0v) is 22.9. The summed E-state index contributed by atoms with van der Waals surface area (Å²) in [7, 11) is -2.36. The summed E-state index contributed by atoms with van der Waals surface area (Å²) in [5.74, 6) is 0. The van der Waals surface area contributed by atoms with Gasteiger partial charge in [0.1, 0.15) is 28.8 Å². The van der Waals surface area contributed by atoms with E-state index in [2.05, 4.69) is 97.9 Å². The fourth-order valence-electron chi connectivity index (χ4n) is 4.95. The molecule has 0 nitrogen and oxygen atoms in total. The Balaban J connectivity index is 1.95. The standard InChI is InChI=1S/C32H25Cl3P/c1-23-7-9-25(10-8-23)32(24-5-3-2-4-6-24)36(29-17-11-26(33)12-18-29,30-19-13-27(34)14-20-30)31-21-15-28(35)16-22-31/h2-22,32H,1H3/q+1. The summed E-state index contributed by atoms with van der Waals surface area (Å²) in [5.41, 5.74) is 3.82. The second-order valence-corrected chi connectivity index (χ2v) is 13.7. The topological polar surface area (TPSA) is 0 Å². The van der Waals surface area contributed by atoms with E-state index in [4.69, 9.17) is 34.8 Å². The lowest BCUT2D eigenvalue weighted by Gasteiger charge is -2.35. The molecule has 4 heteroatoms. The summed E-state index contributed by atoms with van der Waals surface area (Å²) in [4.78, 5) is 0. The summed E-state index contributed by atoms with van der Waals surface area (Å²) >= 11 is 19.2. The smallest absolute Gasteiger partial charge is 0.0843 e. The first-order chi connectivity index (χ1) is 17.5. The third-order valence-electron chi connectivity index (χ3n) is 6.60. The summed E-state index contributed by atoms with van der Waals surface area (Å²) < 4.78 is 0. The molecule has 0 bridgehead atoms. The van der Waals surface area contributed by atoms with Gasteiger partial charge in [-0.1, -0.05) is 95.0 Å². The van der Waals surface area contributed by atoms with Gasteiger partial charge in [-0.2, -0.15) is 0 Å². The maximum atomic E-state index is 6.40. The highest BCUT2D eigenvalue weighted by Crippen LogP contribution is 2.69. The average molecular weight is 547 g/mol. The third-order valence-corrected chi connectivity index (χ3v) is 12.1. The molecule has 0 fully saturated rings. The quantitative estimate of drug-likeness (QED) is 0.186. The van der Waals surface area contributed by atoms with Gasteiger partial charge in [-0.15, -0.1) is 0 Å². The summed E-state index contributed by atoms with van der Waals surface area (Å²) in [5, 5.41) is 5.88. The van der Waals surface area contributed by atoms with Gasteiger partial charge in [-0.05, 0) is 90.8 Å². The van der Waals surface area contributed by atoms with Gasteiger partial charge in [0.15, 0.2) is 0 Å². The van der Waals surface area contributed by atoms with Gasteiger partial charge in [0.25, 0.3) is 0 Å². The fraction of sp³-hybridized carbons (Fsp3) is 0.0625. The number of halogens is 3. The average Bonchev–Trinajstić information content (AvgIpc) is 2.90. The number of hydrogen-bond acceptors (Lipinski definition) is 0. The van der Waals surface area contributed by atoms with E-state index in [-0.39, 0.29) is 5.66 Å². The second-order valence-electron chi connectivity index (χ2n) is 8.88. The number of rotatable bonds is 6. The van der Waals surface area contributed by atoms with E-state index < -0.39 is 7.26 Å². The summed E-state index contributed by atoms with van der Waals surface area (Å²) in [6.45, 7) is 2.13. The molecule has 5 aromatic carbocycles. The maximum Gasteiger partial charge on any atom is 0.133 e. The molecule has 36 heavy (non-hydrogen) atoms. The molecular weight excluding hydrogens is 522 g/mol. The van der Waals surface area contributed by atoms with Crippen LogP contribution in [0.4, 0.5) is 0 Å². The van der Waals surface area contributed by atoms with Crippen LogP contribution in [0.3, 0.4) is 0 Å². The first kappa shape index (κ1) is 25.1. The van der Waals surface area contributed by atoms with E-state index >= 15 is 0 Å². The lowest BCUT2D eigenvalue weighted by atomic mass is 10.0. The molecule has 5 rings (SSSR count). The molecule has 0 radical (unpaired) electrons. The van der Waals surface area contributed by atoms with Gasteiger partial charge in [-0.3, -0.25) is 0 Å². The van der Waals surface area contributed by atoms with Crippen LogP contribution in [0.1, 0.15) is 22.3 Å². The first-order valence-electron chi connectivity index (χ1n) is 11.8. The van der Waals surface area contributed by atoms with Gasteiger partial charge >= 0.3 is 0 Å². The Hall–Kier alpha value is -2.60. The largest absolute Gasteiger partial charge is 0.133 e. The predicted octanol–water partition coefficient (Wildman–Crippen LogP) is 9.04. The Morgan fingerprint density at radius 1 is 0.444 bits per heavy atom. The van der Waals surface area contributed by atoms with Gasteiger partial charge in [0.2, 0.25) is 0 Å². The monoisotopic (exact) mass is 545 g/mol. The molecule has 0 saturated heterocycles. The van der Waals surface area contributed by atoms with E-state index in [9.17, 15) is 0 Å². The minimum Gasteiger partial charge on any atom is -0.0843 e. The highest BCUT2D eigenvalue weighted by molar-refractivity contribution is 7.96. The van der Waals surface area contributed by atoms with Crippen LogP contribution in [0.5, 0.6) is 0 Å². The lowest BCUT2D eigenvalue weighted by Crippen LogP contribution is -2.35. The molecule has 0 aliphatic heterocycles. The van der Waals surface area contributed by atoms with E-state index in [1.165, 1.54) is 32.6 Å². The van der Waals surface area contributed by atoms with Crippen molar-refractivity contribution in [3.05, 3.63) is 159 Å². The molecule has 0 heterocycles. The van der Waals surface area contributed by atoms with Crippen molar-refractivity contribution in [2.45, 2.75) is 12.6 Å². The van der Waals surface area contributed by atoms with Crippen LogP contribution in [0.25, 0.3) is 0 Å². The van der Waals surface area contributed by atoms with E-state index in [1.807, 2.05) is 36.4 Å². The second kappa shape index (κ2) is 10.8. The van der Waals surface area contributed by atoms with E-state index in [0.29, 0.717) is 0 Å². The highest BCUT2D eigenvalue weighted by Gasteiger charge is 2.53. The Morgan fingerprint density at radius 3 is 1.19 bits per heavy atom. The minimum atomic E-state index is -2.36. The molecule has 0 spiro atoms. The van der Waals surface area contributed by atoms with E-state index in [1.54, 1.807) is 0 Å². The number of aryl methyl sites for hydroxylation is 1. The Bertz CT molecular complexity index is 1320. The van der Waals surface area contributed by atoms with Gasteiger partial charge in [0, 0.05) is 15.1 Å². The fourth-order valence-corrected chi connectivity index (χ4v) is 10.2. The summed E-state index contributed by atoms with van der Waals surface area (Å²) in [6.07, 6.45) is 0. The maximum absolute atomic E-state index is 6.40. The van der Waals surface area contributed by atoms with Crippen LogP contribution in [-0.4, -0.2) is 0 Å². The van der Waals surface area contributed by atoms with Crippen LogP contribution >= 0.6 is 42.1 Å². The van der Waals surface area contributed by atoms with Gasteiger partial charge < -0.3 is 0 Å². The Kier molecular flexibility index (Phi) is 7.52. The molecule has 1 unspecified atom stereocenters. The van der Waals surface area contributed by atoms with Crippen molar-refractivity contribution in [3.8, 4) is 0 Å². The van der Waals surface area contributed by atoms with E-state index in [0.717, 1.165) is 15.1 Å². The Labute approximate surface area is 228 Å². The van der Waals surface area contributed by atoms with Crippen LogP contribution < -0.4 is 15.9 Å². The molecule has 5 aromatic rings. The SMILES string of the molecule is Cc1ccc(C(c2ccccc2)[P+](c2ccc(Cl)cc2)(c2ccc(Cl)cc2)c2ccc(Cl)cc2)cc1. The van der Waals surface area contributed by atoms with Crippen molar-refractivity contribution in [2.75, 3.05) is 0 Å². The van der Waals surface area contributed by atoms with Gasteiger partial charge in [-0.25, -0.2) is 0 Å². The normalized spacial score (nSPS) is 12.3. The zero-order valence-electron chi connectivity index (χ0n) is 19.8. The minimum absolute atomic E-state index is 0.0582.